The van der Waals surface area contributed by atoms with Crippen molar-refractivity contribution in [2.45, 2.75) is 52.2 Å². The second kappa shape index (κ2) is 8.61. The third-order valence-corrected chi connectivity index (χ3v) is 5.88. The molecule has 2 N–H and O–H groups in total. The molecule has 7 heteroatoms. The third-order valence-electron chi connectivity index (χ3n) is 4.70. The molecule has 2 aromatic rings. The topological polar surface area (TPSA) is 78.5 Å². The molecule has 0 saturated carbocycles. The van der Waals surface area contributed by atoms with E-state index in [9.17, 15) is 9.90 Å². The van der Waals surface area contributed by atoms with Crippen molar-refractivity contribution in [2.75, 3.05) is 26.8 Å². The van der Waals surface area contributed by atoms with Gasteiger partial charge in [0.1, 0.15) is 10.7 Å². The van der Waals surface area contributed by atoms with Crippen LogP contribution >= 0.6 is 11.3 Å². The maximum Gasteiger partial charge on any atom is 0.259 e. The fourth-order valence-corrected chi connectivity index (χ4v) is 5.04. The molecule has 1 aliphatic rings. The number of thiophene rings is 1. The molecule has 0 aliphatic heterocycles. The normalized spacial score (nSPS) is 15.8. The summed E-state index contributed by atoms with van der Waals surface area (Å²) in [5, 5.41) is 10.9. The molecule has 26 heavy (non-hydrogen) atoms. The number of nitrogens with one attached hydrogen (secondary N) is 1. The zero-order chi connectivity index (χ0) is 18.7. The summed E-state index contributed by atoms with van der Waals surface area (Å²) in [6.07, 6.45) is 3.85. The molecule has 0 bridgehead atoms. The van der Waals surface area contributed by atoms with Gasteiger partial charge in [0.05, 0.1) is 24.6 Å². The van der Waals surface area contributed by atoms with Crippen LogP contribution in [0.4, 0.5) is 0 Å². The smallest absolute Gasteiger partial charge is 0.259 e. The van der Waals surface area contributed by atoms with E-state index in [1.807, 2.05) is 0 Å². The van der Waals surface area contributed by atoms with Crippen LogP contribution in [0.15, 0.2) is 4.79 Å². The summed E-state index contributed by atoms with van der Waals surface area (Å²) < 4.78 is 5.03. The first-order chi connectivity index (χ1) is 12.5. The van der Waals surface area contributed by atoms with Crippen LogP contribution in [0.3, 0.4) is 0 Å². The molecule has 6 nitrogen and oxygen atoms in total. The van der Waals surface area contributed by atoms with Gasteiger partial charge in [-0.3, -0.25) is 9.69 Å². The molecule has 3 rings (SSSR count). The van der Waals surface area contributed by atoms with Gasteiger partial charge in [-0.05, 0) is 37.2 Å². The molecule has 1 aliphatic carbocycles. The number of aliphatic hydroxyl groups excluding tert-OH is 1. The number of nitrogens with zero attached hydrogens (tertiary/aromatic N) is 2. The Bertz CT molecular complexity index is 799. The van der Waals surface area contributed by atoms with Crippen LogP contribution < -0.4 is 5.56 Å². The summed E-state index contributed by atoms with van der Waals surface area (Å²) in [5.74, 6) is 1.13. The quantitative estimate of drug-likeness (QED) is 0.736. The van der Waals surface area contributed by atoms with Crippen molar-refractivity contribution >= 4 is 21.6 Å². The zero-order valence-corrected chi connectivity index (χ0v) is 16.7. The number of aromatic amines is 1. The zero-order valence-electron chi connectivity index (χ0n) is 15.9. The molecule has 2 heterocycles. The molecule has 0 radical (unpaired) electrons. The number of aliphatic hydroxyl groups is 1. The van der Waals surface area contributed by atoms with Gasteiger partial charge in [0.2, 0.25) is 0 Å². The predicted octanol–water partition coefficient (Wildman–Crippen LogP) is 2.33. The molecule has 0 aromatic carbocycles. The lowest BCUT2D eigenvalue weighted by molar-refractivity contribution is 0.0325. The number of aromatic nitrogens is 2. The van der Waals surface area contributed by atoms with E-state index in [1.165, 1.54) is 16.9 Å². The van der Waals surface area contributed by atoms with Crippen LogP contribution in [-0.4, -0.2) is 52.9 Å². The van der Waals surface area contributed by atoms with E-state index < -0.39 is 6.10 Å². The lowest BCUT2D eigenvalue weighted by Gasteiger charge is -2.26. The second-order valence-electron chi connectivity index (χ2n) is 7.60. The minimum Gasteiger partial charge on any atom is -0.389 e. The molecule has 144 valence electrons. The van der Waals surface area contributed by atoms with Gasteiger partial charge in [-0.15, -0.1) is 11.3 Å². The number of fused-ring (bicyclic) bond motifs is 3. The highest BCUT2D eigenvalue weighted by atomic mass is 32.1. The Morgan fingerprint density at radius 1 is 1.31 bits per heavy atom. The maximum absolute atomic E-state index is 12.7. The highest BCUT2D eigenvalue weighted by molar-refractivity contribution is 7.18. The number of H-pyrrole nitrogens is 1. The molecule has 0 spiro atoms. The van der Waals surface area contributed by atoms with Crippen molar-refractivity contribution in [1.29, 1.82) is 0 Å². The van der Waals surface area contributed by atoms with Crippen molar-refractivity contribution in [3.63, 3.8) is 0 Å². The molecule has 0 amide bonds. The Balaban J connectivity index is 1.84. The number of hydrogen-bond donors (Lipinski definition) is 2. The number of rotatable bonds is 8. The SMILES string of the molecule is COC[C@H](O)CN(Cc1nc2sc3c(c2c(=O)[nH]1)CCCC3)CC(C)C. The van der Waals surface area contributed by atoms with E-state index >= 15 is 0 Å². The molecule has 2 aromatic heterocycles. The Labute approximate surface area is 158 Å². The molecular weight excluding hydrogens is 350 g/mol. The number of aryl methyl sites for hydroxylation is 2. The van der Waals surface area contributed by atoms with Crippen molar-refractivity contribution in [1.82, 2.24) is 14.9 Å². The summed E-state index contributed by atoms with van der Waals surface area (Å²) in [4.78, 5) is 24.7. The van der Waals surface area contributed by atoms with Crippen LogP contribution in [0.1, 0.15) is 43.0 Å². The lowest BCUT2D eigenvalue weighted by Crippen LogP contribution is -2.37. The van der Waals surface area contributed by atoms with Crippen LogP contribution in [0, 0.1) is 5.92 Å². The van der Waals surface area contributed by atoms with Crippen molar-refractivity contribution < 1.29 is 9.84 Å². The monoisotopic (exact) mass is 379 g/mol. The fraction of sp³-hybridized carbons (Fsp3) is 0.684. The number of methoxy groups -OCH3 is 1. The Kier molecular flexibility index (Phi) is 6.45. The Hall–Kier alpha value is -1.28. The predicted molar refractivity (Wildman–Crippen MR) is 105 cm³/mol. The first-order valence-corrected chi connectivity index (χ1v) is 10.2. The second-order valence-corrected chi connectivity index (χ2v) is 8.68. The first-order valence-electron chi connectivity index (χ1n) is 9.40. The maximum atomic E-state index is 12.7. The van der Waals surface area contributed by atoms with Crippen LogP contribution in [0.2, 0.25) is 0 Å². The average Bonchev–Trinajstić information content (AvgIpc) is 2.92. The van der Waals surface area contributed by atoms with Gasteiger partial charge in [0.15, 0.2) is 0 Å². The van der Waals surface area contributed by atoms with Gasteiger partial charge < -0.3 is 14.8 Å². The van der Waals surface area contributed by atoms with Gasteiger partial charge in [-0.25, -0.2) is 4.98 Å². The van der Waals surface area contributed by atoms with E-state index in [1.54, 1.807) is 18.4 Å². The molecular formula is C19H29N3O3S. The van der Waals surface area contributed by atoms with E-state index in [0.29, 0.717) is 31.4 Å². The summed E-state index contributed by atoms with van der Waals surface area (Å²) in [6, 6.07) is 0. The molecule has 0 unspecified atom stereocenters. The van der Waals surface area contributed by atoms with E-state index in [-0.39, 0.29) is 5.56 Å². The van der Waals surface area contributed by atoms with Crippen molar-refractivity contribution in [3.8, 4) is 0 Å². The van der Waals surface area contributed by atoms with E-state index in [4.69, 9.17) is 9.72 Å². The van der Waals surface area contributed by atoms with Gasteiger partial charge in [0.25, 0.3) is 5.56 Å². The van der Waals surface area contributed by atoms with E-state index in [0.717, 1.165) is 36.0 Å². The highest BCUT2D eigenvalue weighted by Gasteiger charge is 2.21. The van der Waals surface area contributed by atoms with Crippen LogP contribution in [0.25, 0.3) is 10.2 Å². The van der Waals surface area contributed by atoms with Crippen LogP contribution in [0.5, 0.6) is 0 Å². The molecule has 0 saturated heterocycles. The lowest BCUT2D eigenvalue weighted by atomic mass is 9.97. The minimum atomic E-state index is -0.553. The minimum absolute atomic E-state index is 0.0219. The average molecular weight is 380 g/mol. The highest BCUT2D eigenvalue weighted by Crippen LogP contribution is 2.33. The van der Waals surface area contributed by atoms with E-state index in [2.05, 4.69) is 23.7 Å². The van der Waals surface area contributed by atoms with Crippen molar-refractivity contribution in [2.24, 2.45) is 5.92 Å². The largest absolute Gasteiger partial charge is 0.389 e. The summed E-state index contributed by atoms with van der Waals surface area (Å²) in [6.45, 7) is 6.42. The van der Waals surface area contributed by atoms with Gasteiger partial charge in [-0.2, -0.15) is 0 Å². The van der Waals surface area contributed by atoms with Crippen LogP contribution in [-0.2, 0) is 24.1 Å². The standard InChI is InChI=1S/C19H29N3O3S/c1-12(2)8-22(9-13(23)11-25-3)10-16-20-18(24)17-14-6-4-5-7-15(14)26-19(17)21-16/h12-13,23H,4-11H2,1-3H3,(H,20,21,24)/t13-/m1/s1. The third kappa shape index (κ3) is 4.52. The van der Waals surface area contributed by atoms with Gasteiger partial charge in [0, 0.05) is 25.1 Å². The Morgan fingerprint density at radius 2 is 2.08 bits per heavy atom. The summed E-state index contributed by atoms with van der Waals surface area (Å²) >= 11 is 1.67. The molecule has 0 fully saturated rings. The number of ether oxygens (including phenoxy) is 1. The fourth-order valence-electron chi connectivity index (χ4n) is 3.76. The van der Waals surface area contributed by atoms with Crippen molar-refractivity contribution in [3.05, 3.63) is 26.6 Å². The number of hydrogen-bond acceptors (Lipinski definition) is 6. The van der Waals surface area contributed by atoms with Gasteiger partial charge >= 0.3 is 0 Å². The Morgan fingerprint density at radius 3 is 2.81 bits per heavy atom. The van der Waals surface area contributed by atoms with Gasteiger partial charge in [-0.1, -0.05) is 13.8 Å². The summed E-state index contributed by atoms with van der Waals surface area (Å²) in [7, 11) is 1.58. The molecule has 1 atom stereocenters. The summed E-state index contributed by atoms with van der Waals surface area (Å²) in [5.41, 5.74) is 1.19. The first kappa shape index (κ1) is 19.5.